The van der Waals surface area contributed by atoms with Crippen molar-refractivity contribution in [2.45, 2.75) is 12.5 Å². The molecule has 3 N–H and O–H groups in total. The number of nitrogen functional groups attached to an aromatic ring is 1. The van der Waals surface area contributed by atoms with Crippen LogP contribution in [0.2, 0.25) is 0 Å². The average Bonchev–Trinajstić information content (AvgIpc) is 2.47. The van der Waals surface area contributed by atoms with Gasteiger partial charge in [-0.1, -0.05) is 36.4 Å². The number of aliphatic hydroxyl groups is 1. The summed E-state index contributed by atoms with van der Waals surface area (Å²) in [5.41, 5.74) is 7.55. The van der Waals surface area contributed by atoms with Crippen LogP contribution < -0.4 is 5.73 Å². The van der Waals surface area contributed by atoms with Crippen molar-refractivity contribution < 1.29 is 5.11 Å². The molecule has 3 rings (SSSR count). The molecule has 1 atom stereocenters. The number of rotatable bonds is 3. The Morgan fingerprint density at radius 2 is 1.80 bits per heavy atom. The summed E-state index contributed by atoms with van der Waals surface area (Å²) in [4.78, 5) is 3.96. The van der Waals surface area contributed by atoms with Crippen LogP contribution in [-0.4, -0.2) is 10.1 Å². The van der Waals surface area contributed by atoms with Crippen molar-refractivity contribution >= 4 is 16.6 Å². The zero-order chi connectivity index (χ0) is 13.9. The average molecular weight is 264 g/mol. The highest BCUT2D eigenvalue weighted by atomic mass is 16.3. The fraction of sp³-hybridized carbons (Fsp3) is 0.118. The van der Waals surface area contributed by atoms with E-state index in [4.69, 9.17) is 5.73 Å². The Kier molecular flexibility index (Phi) is 3.35. The Balaban J connectivity index is 1.86. The predicted molar refractivity (Wildman–Crippen MR) is 81.3 cm³/mol. The first-order chi connectivity index (χ1) is 9.72. The van der Waals surface area contributed by atoms with E-state index in [-0.39, 0.29) is 0 Å². The van der Waals surface area contributed by atoms with Gasteiger partial charge >= 0.3 is 0 Å². The van der Waals surface area contributed by atoms with E-state index in [1.165, 1.54) is 5.39 Å². The van der Waals surface area contributed by atoms with Gasteiger partial charge in [-0.3, -0.25) is 0 Å². The number of aromatic nitrogens is 1. The van der Waals surface area contributed by atoms with Gasteiger partial charge in [-0.05, 0) is 40.1 Å². The van der Waals surface area contributed by atoms with E-state index in [0.717, 1.165) is 16.5 Å². The summed E-state index contributed by atoms with van der Waals surface area (Å²) in [6, 6.07) is 17.8. The number of anilines is 1. The lowest BCUT2D eigenvalue weighted by Gasteiger charge is -2.12. The second-order valence-electron chi connectivity index (χ2n) is 4.92. The normalized spacial score (nSPS) is 12.4. The molecule has 0 spiro atoms. The molecule has 3 heteroatoms. The first kappa shape index (κ1) is 12.6. The molecule has 2 aromatic carbocycles. The van der Waals surface area contributed by atoms with Gasteiger partial charge in [0.15, 0.2) is 0 Å². The molecule has 3 aromatic rings. The molecule has 1 aromatic heterocycles. The van der Waals surface area contributed by atoms with Crippen molar-refractivity contribution in [3.05, 3.63) is 71.9 Å². The zero-order valence-electron chi connectivity index (χ0n) is 11.0. The van der Waals surface area contributed by atoms with Crippen LogP contribution in [-0.2, 0) is 6.42 Å². The second-order valence-corrected chi connectivity index (χ2v) is 4.92. The van der Waals surface area contributed by atoms with Crippen molar-refractivity contribution in [2.24, 2.45) is 0 Å². The minimum atomic E-state index is -0.540. The van der Waals surface area contributed by atoms with Gasteiger partial charge in [0.05, 0.1) is 6.10 Å². The van der Waals surface area contributed by atoms with Crippen LogP contribution in [0.5, 0.6) is 0 Å². The van der Waals surface area contributed by atoms with Gasteiger partial charge in [0.2, 0.25) is 0 Å². The van der Waals surface area contributed by atoms with E-state index in [1.807, 2.05) is 36.4 Å². The summed E-state index contributed by atoms with van der Waals surface area (Å²) < 4.78 is 0. The Morgan fingerprint density at radius 3 is 2.60 bits per heavy atom. The molecule has 0 radical (unpaired) electrons. The van der Waals surface area contributed by atoms with Crippen molar-refractivity contribution in [2.75, 3.05) is 5.73 Å². The molecule has 0 aliphatic rings. The lowest BCUT2D eigenvalue weighted by Crippen LogP contribution is -2.02. The van der Waals surface area contributed by atoms with Crippen LogP contribution in [0.3, 0.4) is 0 Å². The third-order valence-corrected chi connectivity index (χ3v) is 3.43. The third-order valence-electron chi connectivity index (χ3n) is 3.43. The van der Waals surface area contributed by atoms with Crippen molar-refractivity contribution in [1.29, 1.82) is 0 Å². The number of hydrogen-bond acceptors (Lipinski definition) is 3. The number of fused-ring (bicyclic) bond motifs is 1. The summed E-state index contributed by atoms with van der Waals surface area (Å²) in [7, 11) is 0. The van der Waals surface area contributed by atoms with Crippen LogP contribution in [0, 0.1) is 0 Å². The molecule has 3 nitrogen and oxygen atoms in total. The summed E-state index contributed by atoms with van der Waals surface area (Å²) in [6.45, 7) is 0. The van der Waals surface area contributed by atoms with Crippen LogP contribution in [0.25, 0.3) is 10.8 Å². The molecular formula is C17H16N2O. The summed E-state index contributed by atoms with van der Waals surface area (Å²) in [6.07, 6.45) is 1.66. The Labute approximate surface area is 117 Å². The third kappa shape index (κ3) is 2.63. The lowest BCUT2D eigenvalue weighted by molar-refractivity contribution is 0.178. The van der Waals surface area contributed by atoms with Crippen LogP contribution >= 0.6 is 0 Å². The zero-order valence-corrected chi connectivity index (χ0v) is 11.0. The van der Waals surface area contributed by atoms with Gasteiger partial charge in [-0.2, -0.15) is 0 Å². The second kappa shape index (κ2) is 5.31. The number of nitrogens with two attached hydrogens (primary N) is 1. The van der Waals surface area contributed by atoms with Gasteiger partial charge in [0, 0.05) is 12.6 Å². The fourth-order valence-electron chi connectivity index (χ4n) is 2.38. The van der Waals surface area contributed by atoms with Gasteiger partial charge < -0.3 is 10.8 Å². The van der Waals surface area contributed by atoms with E-state index in [1.54, 1.807) is 12.3 Å². The van der Waals surface area contributed by atoms with Gasteiger partial charge in [-0.15, -0.1) is 0 Å². The molecule has 100 valence electrons. The van der Waals surface area contributed by atoms with E-state index >= 15 is 0 Å². The van der Waals surface area contributed by atoms with Crippen LogP contribution in [0.1, 0.15) is 17.2 Å². The van der Waals surface area contributed by atoms with Gasteiger partial charge in [0.25, 0.3) is 0 Å². The Bertz CT molecular complexity index is 740. The molecule has 0 amide bonds. The van der Waals surface area contributed by atoms with Gasteiger partial charge in [-0.25, -0.2) is 4.98 Å². The van der Waals surface area contributed by atoms with Crippen LogP contribution in [0.4, 0.5) is 5.82 Å². The standard InChI is InChI=1S/C17H16N2O/c18-17-10-12(7-8-19-17)9-16(20)15-6-5-13-3-1-2-4-14(13)11-15/h1-8,10-11,16,20H,9H2,(H2,18,19). The molecule has 1 unspecified atom stereocenters. The number of nitrogens with zero attached hydrogens (tertiary/aromatic N) is 1. The fourth-order valence-corrected chi connectivity index (χ4v) is 2.38. The lowest BCUT2D eigenvalue weighted by atomic mass is 9.99. The number of pyridine rings is 1. The maximum Gasteiger partial charge on any atom is 0.123 e. The first-order valence-electron chi connectivity index (χ1n) is 6.59. The number of hydrogen-bond donors (Lipinski definition) is 2. The Hall–Kier alpha value is -2.39. The van der Waals surface area contributed by atoms with E-state index in [0.29, 0.717) is 12.2 Å². The predicted octanol–water partition coefficient (Wildman–Crippen LogP) is 3.09. The molecular weight excluding hydrogens is 248 g/mol. The highest BCUT2D eigenvalue weighted by Gasteiger charge is 2.09. The van der Waals surface area contributed by atoms with E-state index < -0.39 is 6.10 Å². The summed E-state index contributed by atoms with van der Waals surface area (Å²) in [5, 5.41) is 12.7. The van der Waals surface area contributed by atoms with Crippen molar-refractivity contribution in [1.82, 2.24) is 4.98 Å². The topological polar surface area (TPSA) is 59.1 Å². The summed E-state index contributed by atoms with van der Waals surface area (Å²) in [5.74, 6) is 0.480. The van der Waals surface area contributed by atoms with E-state index in [9.17, 15) is 5.11 Å². The SMILES string of the molecule is Nc1cc(CC(O)c2ccc3ccccc3c2)ccn1. The Morgan fingerprint density at radius 1 is 1.00 bits per heavy atom. The first-order valence-corrected chi connectivity index (χ1v) is 6.59. The number of benzene rings is 2. The molecule has 0 bridgehead atoms. The van der Waals surface area contributed by atoms with Crippen LogP contribution in [0.15, 0.2) is 60.8 Å². The van der Waals surface area contributed by atoms with E-state index in [2.05, 4.69) is 17.1 Å². The maximum absolute atomic E-state index is 10.4. The molecule has 0 saturated carbocycles. The molecule has 0 aliphatic heterocycles. The van der Waals surface area contributed by atoms with Gasteiger partial charge in [0.1, 0.15) is 5.82 Å². The summed E-state index contributed by atoms with van der Waals surface area (Å²) >= 11 is 0. The minimum absolute atomic E-state index is 0.480. The smallest absolute Gasteiger partial charge is 0.123 e. The van der Waals surface area contributed by atoms with Crippen molar-refractivity contribution in [3.8, 4) is 0 Å². The number of aliphatic hydroxyl groups excluding tert-OH is 1. The largest absolute Gasteiger partial charge is 0.388 e. The molecule has 0 aliphatic carbocycles. The molecule has 0 saturated heterocycles. The highest BCUT2D eigenvalue weighted by Crippen LogP contribution is 2.23. The molecule has 20 heavy (non-hydrogen) atoms. The maximum atomic E-state index is 10.4. The highest BCUT2D eigenvalue weighted by molar-refractivity contribution is 5.83. The minimum Gasteiger partial charge on any atom is -0.388 e. The monoisotopic (exact) mass is 264 g/mol. The quantitative estimate of drug-likeness (QED) is 0.764. The van der Waals surface area contributed by atoms with Crippen molar-refractivity contribution in [3.63, 3.8) is 0 Å². The molecule has 1 heterocycles. The molecule has 0 fully saturated rings.